The first kappa shape index (κ1) is 19.8. The lowest BCUT2D eigenvalue weighted by atomic mass is 10.0. The van der Waals surface area contributed by atoms with Gasteiger partial charge in [0.25, 0.3) is 0 Å². The molecular formula is C21H23N3O3S. The number of amides is 1. The first-order valence-electron chi connectivity index (χ1n) is 9.05. The molecule has 2 aromatic heterocycles. The van der Waals surface area contributed by atoms with Crippen LogP contribution in [0.4, 0.5) is 5.13 Å². The molecule has 3 rings (SSSR count). The number of aromatic nitrogens is 2. The van der Waals surface area contributed by atoms with Crippen molar-refractivity contribution in [2.75, 3.05) is 12.4 Å². The van der Waals surface area contributed by atoms with E-state index in [-0.39, 0.29) is 23.6 Å². The Morgan fingerprint density at radius 3 is 2.43 bits per heavy atom. The number of carbonyl (C=O) groups is 2. The van der Waals surface area contributed by atoms with Gasteiger partial charge in [0, 0.05) is 23.7 Å². The maximum Gasteiger partial charge on any atom is 0.357 e. The number of nitrogens with one attached hydrogen (secondary N) is 1. The average Bonchev–Trinajstić information content (AvgIpc) is 3.32. The zero-order valence-electron chi connectivity index (χ0n) is 16.1. The maximum atomic E-state index is 12.9. The van der Waals surface area contributed by atoms with Gasteiger partial charge in [0.05, 0.1) is 7.11 Å². The van der Waals surface area contributed by atoms with Gasteiger partial charge in [0.15, 0.2) is 10.8 Å². The molecule has 6 nitrogen and oxygen atoms in total. The quantitative estimate of drug-likeness (QED) is 0.608. The Morgan fingerprint density at radius 2 is 1.82 bits per heavy atom. The molecule has 3 aromatic rings. The second-order valence-corrected chi connectivity index (χ2v) is 7.84. The lowest BCUT2D eigenvalue weighted by molar-refractivity contribution is -0.120. The SMILES string of the molecule is COC(=O)c1nc(NC(=O)[C@H](C(C)C)n2cccc2)sc1Cc1ccccc1. The number of hydrogen-bond donors (Lipinski definition) is 1. The van der Waals surface area contributed by atoms with Crippen molar-refractivity contribution in [1.29, 1.82) is 0 Å². The van der Waals surface area contributed by atoms with Gasteiger partial charge in [0.1, 0.15) is 6.04 Å². The van der Waals surface area contributed by atoms with Crippen LogP contribution in [0.5, 0.6) is 0 Å². The molecule has 1 atom stereocenters. The molecule has 7 heteroatoms. The summed E-state index contributed by atoms with van der Waals surface area (Å²) in [7, 11) is 1.33. The second-order valence-electron chi connectivity index (χ2n) is 6.75. The van der Waals surface area contributed by atoms with Gasteiger partial charge in [-0.15, -0.1) is 11.3 Å². The number of methoxy groups -OCH3 is 1. The van der Waals surface area contributed by atoms with E-state index < -0.39 is 5.97 Å². The summed E-state index contributed by atoms with van der Waals surface area (Å²) in [5, 5.41) is 3.27. The van der Waals surface area contributed by atoms with Crippen LogP contribution in [-0.4, -0.2) is 28.5 Å². The minimum atomic E-state index is -0.506. The first-order valence-corrected chi connectivity index (χ1v) is 9.86. The Hall–Kier alpha value is -2.93. The van der Waals surface area contributed by atoms with Crippen molar-refractivity contribution >= 4 is 28.3 Å². The van der Waals surface area contributed by atoms with Crippen LogP contribution in [0, 0.1) is 5.92 Å². The molecule has 0 fully saturated rings. The molecule has 0 aliphatic carbocycles. The number of benzene rings is 1. The fraction of sp³-hybridized carbons (Fsp3) is 0.286. The van der Waals surface area contributed by atoms with Gasteiger partial charge >= 0.3 is 5.97 Å². The Balaban J connectivity index is 1.85. The van der Waals surface area contributed by atoms with E-state index in [2.05, 4.69) is 10.3 Å². The van der Waals surface area contributed by atoms with Gasteiger partial charge in [-0.05, 0) is 23.6 Å². The summed E-state index contributed by atoms with van der Waals surface area (Å²) < 4.78 is 6.74. The highest BCUT2D eigenvalue weighted by atomic mass is 32.1. The van der Waals surface area contributed by atoms with E-state index in [0.29, 0.717) is 11.6 Å². The second kappa shape index (κ2) is 8.84. The van der Waals surface area contributed by atoms with Gasteiger partial charge < -0.3 is 14.6 Å². The Bertz CT molecular complexity index is 933. The molecule has 1 N–H and O–H groups in total. The molecule has 0 aliphatic heterocycles. The molecule has 0 bridgehead atoms. The van der Waals surface area contributed by atoms with Crippen molar-refractivity contribution in [3.05, 3.63) is 71.0 Å². The van der Waals surface area contributed by atoms with Crippen molar-refractivity contribution in [3.8, 4) is 0 Å². The third kappa shape index (κ3) is 4.48. The van der Waals surface area contributed by atoms with Crippen LogP contribution in [0.3, 0.4) is 0 Å². The molecule has 0 radical (unpaired) electrons. The van der Waals surface area contributed by atoms with Gasteiger partial charge in [-0.2, -0.15) is 0 Å². The number of ether oxygens (including phenoxy) is 1. The summed E-state index contributed by atoms with van der Waals surface area (Å²) in [5.74, 6) is -0.577. The molecule has 0 saturated carbocycles. The number of esters is 1. The predicted molar refractivity (Wildman–Crippen MR) is 110 cm³/mol. The number of nitrogens with zero attached hydrogens (tertiary/aromatic N) is 2. The minimum Gasteiger partial charge on any atom is -0.464 e. The summed E-state index contributed by atoms with van der Waals surface area (Å²) in [6, 6.07) is 13.2. The highest BCUT2D eigenvalue weighted by molar-refractivity contribution is 7.16. The first-order chi connectivity index (χ1) is 13.5. The van der Waals surface area contributed by atoms with Crippen LogP contribution in [0.25, 0.3) is 0 Å². The topological polar surface area (TPSA) is 73.2 Å². The van der Waals surface area contributed by atoms with Crippen LogP contribution >= 0.6 is 11.3 Å². The van der Waals surface area contributed by atoms with Gasteiger partial charge in [-0.1, -0.05) is 44.2 Å². The van der Waals surface area contributed by atoms with Gasteiger partial charge in [-0.3, -0.25) is 4.79 Å². The normalized spacial score (nSPS) is 12.0. The van der Waals surface area contributed by atoms with Crippen LogP contribution < -0.4 is 5.32 Å². The number of anilines is 1. The molecule has 2 heterocycles. The number of hydrogen-bond acceptors (Lipinski definition) is 5. The minimum absolute atomic E-state index is 0.0937. The van der Waals surface area contributed by atoms with E-state index in [0.717, 1.165) is 10.4 Å². The molecule has 1 aromatic carbocycles. The van der Waals surface area contributed by atoms with Gasteiger partial charge in [-0.25, -0.2) is 9.78 Å². The van der Waals surface area contributed by atoms with E-state index in [1.54, 1.807) is 0 Å². The highest BCUT2D eigenvalue weighted by Gasteiger charge is 2.26. The van der Waals surface area contributed by atoms with Crippen molar-refractivity contribution < 1.29 is 14.3 Å². The Kier molecular flexibility index (Phi) is 6.26. The standard InChI is InChI=1S/C21H23N3O3S/c1-14(2)18(24-11-7-8-12-24)19(25)23-21-22-17(20(26)27-3)16(28-21)13-15-9-5-4-6-10-15/h4-12,14,18H,13H2,1-3H3,(H,22,23,25)/t18-/m0/s1. The molecule has 146 valence electrons. The van der Waals surface area contributed by atoms with Crippen molar-refractivity contribution in [2.24, 2.45) is 5.92 Å². The molecule has 0 aliphatic rings. The summed E-state index contributed by atoms with van der Waals surface area (Å²) in [6.07, 6.45) is 4.28. The van der Waals surface area contributed by atoms with Crippen molar-refractivity contribution in [2.45, 2.75) is 26.3 Å². The summed E-state index contributed by atoms with van der Waals surface area (Å²) in [4.78, 5) is 30.1. The van der Waals surface area contributed by atoms with Crippen molar-refractivity contribution in [3.63, 3.8) is 0 Å². The highest BCUT2D eigenvalue weighted by Crippen LogP contribution is 2.28. The van der Waals surface area contributed by atoms with E-state index in [1.165, 1.54) is 18.4 Å². The maximum absolute atomic E-state index is 12.9. The smallest absolute Gasteiger partial charge is 0.357 e. The van der Waals surface area contributed by atoms with E-state index in [1.807, 2.05) is 73.3 Å². The van der Waals surface area contributed by atoms with E-state index in [4.69, 9.17) is 4.74 Å². The zero-order chi connectivity index (χ0) is 20.1. The van der Waals surface area contributed by atoms with Crippen LogP contribution in [-0.2, 0) is 16.0 Å². The Morgan fingerprint density at radius 1 is 1.14 bits per heavy atom. The Labute approximate surface area is 168 Å². The lowest BCUT2D eigenvalue weighted by Crippen LogP contribution is -2.29. The molecule has 1 amide bonds. The average molecular weight is 398 g/mol. The monoisotopic (exact) mass is 397 g/mol. The number of thiazole rings is 1. The molecular weight excluding hydrogens is 374 g/mol. The van der Waals surface area contributed by atoms with E-state index in [9.17, 15) is 9.59 Å². The summed E-state index contributed by atoms with van der Waals surface area (Å²) in [6.45, 7) is 3.99. The van der Waals surface area contributed by atoms with Gasteiger partial charge in [0.2, 0.25) is 5.91 Å². The fourth-order valence-electron chi connectivity index (χ4n) is 3.06. The lowest BCUT2D eigenvalue weighted by Gasteiger charge is -2.21. The zero-order valence-corrected chi connectivity index (χ0v) is 16.9. The predicted octanol–water partition coefficient (Wildman–Crippen LogP) is 4.16. The largest absolute Gasteiger partial charge is 0.464 e. The fourth-order valence-corrected chi connectivity index (χ4v) is 4.04. The number of rotatable bonds is 7. The molecule has 0 saturated heterocycles. The van der Waals surface area contributed by atoms with Crippen LogP contribution in [0.1, 0.15) is 40.8 Å². The third-order valence-electron chi connectivity index (χ3n) is 4.36. The van der Waals surface area contributed by atoms with Crippen LogP contribution in [0.2, 0.25) is 0 Å². The molecule has 0 spiro atoms. The van der Waals surface area contributed by atoms with E-state index >= 15 is 0 Å². The summed E-state index contributed by atoms with van der Waals surface area (Å²) >= 11 is 1.30. The summed E-state index contributed by atoms with van der Waals surface area (Å²) in [5.41, 5.74) is 1.30. The number of carbonyl (C=O) groups excluding carboxylic acids is 2. The molecule has 28 heavy (non-hydrogen) atoms. The molecule has 0 unspecified atom stereocenters. The van der Waals surface area contributed by atoms with Crippen molar-refractivity contribution in [1.82, 2.24) is 9.55 Å². The third-order valence-corrected chi connectivity index (χ3v) is 5.33. The van der Waals surface area contributed by atoms with Crippen LogP contribution in [0.15, 0.2) is 54.9 Å².